The lowest BCUT2D eigenvalue weighted by Gasteiger charge is -2.19. The van der Waals surface area contributed by atoms with Crippen LogP contribution in [0.25, 0.3) is 0 Å². The van der Waals surface area contributed by atoms with E-state index in [1.807, 2.05) is 13.8 Å². The maximum Gasteiger partial charge on any atom is 0.255 e. The van der Waals surface area contributed by atoms with Crippen LogP contribution in [0.5, 0.6) is 5.88 Å². The van der Waals surface area contributed by atoms with E-state index in [2.05, 4.69) is 4.98 Å². The van der Waals surface area contributed by atoms with Crippen LogP contribution >= 0.6 is 0 Å². The lowest BCUT2D eigenvalue weighted by molar-refractivity contribution is 0.0748. The average Bonchev–Trinajstić information content (AvgIpc) is 2.39. The van der Waals surface area contributed by atoms with Crippen molar-refractivity contribution in [2.45, 2.75) is 19.9 Å². The van der Waals surface area contributed by atoms with Crippen LogP contribution in [0.2, 0.25) is 0 Å². The number of rotatable bonds is 1. The van der Waals surface area contributed by atoms with E-state index in [1.165, 1.54) is 6.07 Å². The number of aromatic hydroxyl groups is 1. The summed E-state index contributed by atoms with van der Waals surface area (Å²) < 4.78 is 0. The topological polar surface area (TPSA) is 73.4 Å². The molecule has 1 aromatic rings. The van der Waals surface area contributed by atoms with E-state index in [1.54, 1.807) is 4.90 Å². The Labute approximate surface area is 86.3 Å². The molecule has 0 saturated carbocycles. The minimum Gasteiger partial charge on any atom is -0.494 e. The Kier molecular flexibility index (Phi) is 2.03. The van der Waals surface area contributed by atoms with Crippen LogP contribution in [0.15, 0.2) is 10.9 Å². The van der Waals surface area contributed by atoms with Gasteiger partial charge in [-0.3, -0.25) is 14.6 Å². The molecule has 0 spiro atoms. The van der Waals surface area contributed by atoms with Crippen LogP contribution in [-0.2, 0) is 0 Å². The normalized spacial score (nSPS) is 19.5. The number of hydrogen-bond donors (Lipinski definition) is 2. The number of hydrogen-bond acceptors (Lipinski definition) is 3. The molecule has 1 atom stereocenters. The van der Waals surface area contributed by atoms with Gasteiger partial charge in [-0.15, -0.1) is 0 Å². The molecule has 0 saturated heterocycles. The van der Waals surface area contributed by atoms with E-state index >= 15 is 0 Å². The number of amides is 1. The van der Waals surface area contributed by atoms with Gasteiger partial charge in [0.15, 0.2) is 5.88 Å². The fourth-order valence-corrected chi connectivity index (χ4v) is 2.06. The molecule has 0 fully saturated rings. The maximum absolute atomic E-state index is 11.8. The van der Waals surface area contributed by atoms with Gasteiger partial charge < -0.3 is 10.0 Å². The second-order valence-corrected chi connectivity index (χ2v) is 3.58. The molecule has 0 bridgehead atoms. The molecule has 5 heteroatoms. The lowest BCUT2D eigenvalue weighted by atomic mass is 10.1. The molecule has 0 radical (unpaired) electrons. The zero-order valence-electron chi connectivity index (χ0n) is 8.57. The van der Waals surface area contributed by atoms with Crippen molar-refractivity contribution in [2.75, 3.05) is 6.54 Å². The minimum atomic E-state index is -0.454. The SMILES string of the molecule is CCN1C(=O)c2cc(=O)[nH]c(O)c2[C@@H]1C. The van der Waals surface area contributed by atoms with Gasteiger partial charge in [0.05, 0.1) is 11.6 Å². The van der Waals surface area contributed by atoms with Crippen molar-refractivity contribution in [3.8, 4) is 5.88 Å². The van der Waals surface area contributed by atoms with Crippen molar-refractivity contribution in [3.63, 3.8) is 0 Å². The van der Waals surface area contributed by atoms with Gasteiger partial charge in [-0.1, -0.05) is 0 Å². The first-order valence-electron chi connectivity index (χ1n) is 4.83. The molecule has 1 aliphatic heterocycles. The van der Waals surface area contributed by atoms with E-state index < -0.39 is 5.56 Å². The number of nitrogens with one attached hydrogen (secondary N) is 1. The number of carbonyl (C=O) groups is 1. The summed E-state index contributed by atoms with van der Waals surface area (Å²) >= 11 is 0. The standard InChI is InChI=1S/C10H12N2O3/c1-3-12-5(2)8-6(10(12)15)4-7(13)11-9(8)14/h4-5H,3H2,1-2H3,(H2,11,13,14)/t5-/m0/s1. The Balaban J connectivity index is 2.67. The zero-order valence-corrected chi connectivity index (χ0v) is 8.57. The Bertz CT molecular complexity index is 478. The molecule has 0 aliphatic carbocycles. The molecule has 2 N–H and O–H groups in total. The van der Waals surface area contributed by atoms with Crippen molar-refractivity contribution in [3.05, 3.63) is 27.5 Å². The Morgan fingerprint density at radius 3 is 2.80 bits per heavy atom. The molecule has 5 nitrogen and oxygen atoms in total. The number of carbonyl (C=O) groups excluding carboxylic acids is 1. The lowest BCUT2D eigenvalue weighted by Crippen LogP contribution is -2.26. The highest BCUT2D eigenvalue weighted by atomic mass is 16.3. The summed E-state index contributed by atoms with van der Waals surface area (Å²) in [6.45, 7) is 4.24. The first-order valence-corrected chi connectivity index (χ1v) is 4.83. The number of aromatic nitrogens is 1. The third-order valence-corrected chi connectivity index (χ3v) is 2.78. The molecule has 1 amide bonds. The maximum atomic E-state index is 11.8. The van der Waals surface area contributed by atoms with Crippen molar-refractivity contribution in [2.24, 2.45) is 0 Å². The van der Waals surface area contributed by atoms with Gasteiger partial charge in [0, 0.05) is 18.2 Å². The fourth-order valence-electron chi connectivity index (χ4n) is 2.06. The van der Waals surface area contributed by atoms with Gasteiger partial charge in [-0.05, 0) is 13.8 Å². The summed E-state index contributed by atoms with van der Waals surface area (Å²) in [5.41, 5.74) is 0.372. The van der Waals surface area contributed by atoms with Gasteiger partial charge >= 0.3 is 0 Å². The van der Waals surface area contributed by atoms with Gasteiger partial charge in [0.25, 0.3) is 11.5 Å². The molecule has 15 heavy (non-hydrogen) atoms. The van der Waals surface area contributed by atoms with Gasteiger partial charge in [-0.2, -0.15) is 0 Å². The van der Waals surface area contributed by atoms with Gasteiger partial charge in [0.2, 0.25) is 0 Å². The monoisotopic (exact) mass is 208 g/mol. The predicted octanol–water partition coefficient (Wildman–Crippen LogP) is 0.617. The molecule has 80 valence electrons. The minimum absolute atomic E-state index is 0.186. The highest BCUT2D eigenvalue weighted by Gasteiger charge is 2.35. The largest absolute Gasteiger partial charge is 0.494 e. The zero-order chi connectivity index (χ0) is 11.2. The first kappa shape index (κ1) is 9.76. The highest BCUT2D eigenvalue weighted by molar-refractivity contribution is 5.99. The van der Waals surface area contributed by atoms with Gasteiger partial charge in [0.1, 0.15) is 0 Å². The van der Waals surface area contributed by atoms with Crippen LogP contribution in [0.3, 0.4) is 0 Å². The molecular formula is C10H12N2O3. The van der Waals surface area contributed by atoms with E-state index in [9.17, 15) is 14.7 Å². The van der Waals surface area contributed by atoms with Crippen LogP contribution in [0, 0.1) is 0 Å². The number of aromatic amines is 1. The van der Waals surface area contributed by atoms with Crippen molar-refractivity contribution < 1.29 is 9.90 Å². The number of H-pyrrole nitrogens is 1. The van der Waals surface area contributed by atoms with E-state index in [-0.39, 0.29) is 17.8 Å². The Hall–Kier alpha value is -1.78. The average molecular weight is 208 g/mol. The van der Waals surface area contributed by atoms with Crippen LogP contribution < -0.4 is 5.56 Å². The third kappa shape index (κ3) is 1.23. The quantitative estimate of drug-likeness (QED) is 0.710. The van der Waals surface area contributed by atoms with E-state index in [0.29, 0.717) is 17.7 Å². The molecule has 0 aromatic carbocycles. The van der Waals surface area contributed by atoms with Crippen LogP contribution in [0.4, 0.5) is 0 Å². The molecule has 1 aromatic heterocycles. The fraction of sp³-hybridized carbons (Fsp3) is 0.400. The summed E-state index contributed by atoms with van der Waals surface area (Å²) in [6, 6.07) is 1.05. The van der Waals surface area contributed by atoms with E-state index in [0.717, 1.165) is 0 Å². The first-order chi connectivity index (χ1) is 7.06. The van der Waals surface area contributed by atoms with Crippen molar-refractivity contribution in [1.82, 2.24) is 9.88 Å². The van der Waals surface area contributed by atoms with Crippen LogP contribution in [-0.4, -0.2) is 27.4 Å². The van der Waals surface area contributed by atoms with Crippen molar-refractivity contribution in [1.29, 1.82) is 0 Å². The number of fused-ring (bicyclic) bond motifs is 1. The van der Waals surface area contributed by atoms with E-state index in [4.69, 9.17) is 0 Å². The number of nitrogens with zero attached hydrogens (tertiary/aromatic N) is 1. The summed E-state index contributed by atoms with van der Waals surface area (Å²) in [6.07, 6.45) is 0. The van der Waals surface area contributed by atoms with Gasteiger partial charge in [-0.25, -0.2) is 0 Å². The Morgan fingerprint density at radius 2 is 2.20 bits per heavy atom. The summed E-state index contributed by atoms with van der Waals surface area (Å²) in [5, 5.41) is 9.58. The highest BCUT2D eigenvalue weighted by Crippen LogP contribution is 2.36. The number of pyridine rings is 1. The van der Waals surface area contributed by atoms with Crippen molar-refractivity contribution >= 4 is 5.91 Å². The Morgan fingerprint density at radius 1 is 1.53 bits per heavy atom. The third-order valence-electron chi connectivity index (χ3n) is 2.78. The summed E-state index contributed by atoms with van der Waals surface area (Å²) in [4.78, 5) is 26.8. The summed E-state index contributed by atoms with van der Waals surface area (Å²) in [7, 11) is 0. The smallest absolute Gasteiger partial charge is 0.255 e. The second-order valence-electron chi connectivity index (χ2n) is 3.58. The molecular weight excluding hydrogens is 196 g/mol. The molecule has 1 aliphatic rings. The molecule has 2 heterocycles. The summed E-state index contributed by atoms with van der Waals surface area (Å²) in [5.74, 6) is -0.393. The van der Waals surface area contributed by atoms with Crippen LogP contribution in [0.1, 0.15) is 35.8 Å². The molecule has 0 unspecified atom stereocenters. The second kappa shape index (κ2) is 3.12. The molecule has 2 rings (SSSR count). The predicted molar refractivity (Wildman–Crippen MR) is 53.9 cm³/mol.